The number of halogens is 2. The summed E-state index contributed by atoms with van der Waals surface area (Å²) in [5.74, 6) is 1.13. The van der Waals surface area contributed by atoms with E-state index in [0.717, 1.165) is 45.8 Å². The summed E-state index contributed by atoms with van der Waals surface area (Å²) >= 11 is 0. The Balaban J connectivity index is 0.00000144. The first kappa shape index (κ1) is 18.0. The van der Waals surface area contributed by atoms with Gasteiger partial charge in [0.1, 0.15) is 0 Å². The largest absolute Gasteiger partial charge is 0.340 e. The molecule has 1 unspecified atom stereocenters. The molecule has 2 aliphatic heterocycles. The van der Waals surface area contributed by atoms with Crippen LogP contribution < -0.4 is 5.32 Å². The summed E-state index contributed by atoms with van der Waals surface area (Å²) in [6.07, 6.45) is 0. The molecule has 108 valence electrons. The molecule has 0 radical (unpaired) electrons. The molecule has 0 aromatic heterocycles. The van der Waals surface area contributed by atoms with E-state index >= 15 is 0 Å². The molecule has 2 heterocycles. The van der Waals surface area contributed by atoms with Crippen LogP contribution in [0.3, 0.4) is 0 Å². The van der Waals surface area contributed by atoms with Gasteiger partial charge in [0.15, 0.2) is 0 Å². The molecule has 0 saturated carbocycles. The van der Waals surface area contributed by atoms with Gasteiger partial charge in [0.05, 0.1) is 0 Å². The summed E-state index contributed by atoms with van der Waals surface area (Å²) in [7, 11) is 0. The van der Waals surface area contributed by atoms with Gasteiger partial charge in [-0.1, -0.05) is 13.8 Å². The van der Waals surface area contributed by atoms with Crippen LogP contribution in [0.15, 0.2) is 0 Å². The Labute approximate surface area is 122 Å². The second-order valence-corrected chi connectivity index (χ2v) is 4.97. The Morgan fingerprint density at radius 3 is 2.17 bits per heavy atom. The van der Waals surface area contributed by atoms with Gasteiger partial charge in [-0.25, -0.2) is 0 Å². The maximum absolute atomic E-state index is 12.2. The highest BCUT2D eigenvalue weighted by molar-refractivity contribution is 5.85. The van der Waals surface area contributed by atoms with Gasteiger partial charge < -0.3 is 15.1 Å². The minimum absolute atomic E-state index is 0. The zero-order valence-electron chi connectivity index (χ0n) is 11.2. The Hall–Kier alpha value is -0.0300. The van der Waals surface area contributed by atoms with Gasteiger partial charge in [-0.05, 0) is 25.6 Å². The van der Waals surface area contributed by atoms with E-state index in [4.69, 9.17) is 0 Å². The molecule has 2 saturated heterocycles. The monoisotopic (exact) mass is 297 g/mol. The predicted molar refractivity (Wildman–Crippen MR) is 78.7 cm³/mol. The van der Waals surface area contributed by atoms with E-state index in [-0.39, 0.29) is 30.7 Å². The first-order valence-electron chi connectivity index (χ1n) is 6.44. The van der Waals surface area contributed by atoms with Gasteiger partial charge >= 0.3 is 0 Å². The Morgan fingerprint density at radius 1 is 1.22 bits per heavy atom. The second-order valence-electron chi connectivity index (χ2n) is 4.97. The molecular weight excluding hydrogens is 273 g/mol. The first-order valence-corrected chi connectivity index (χ1v) is 6.44. The van der Waals surface area contributed by atoms with Crippen molar-refractivity contribution < 1.29 is 4.79 Å². The van der Waals surface area contributed by atoms with Crippen molar-refractivity contribution in [2.24, 2.45) is 11.8 Å². The van der Waals surface area contributed by atoms with Crippen LogP contribution in [0.4, 0.5) is 0 Å². The van der Waals surface area contributed by atoms with E-state index in [2.05, 4.69) is 29.0 Å². The third-order valence-electron chi connectivity index (χ3n) is 4.04. The number of nitrogens with zero attached hydrogens (tertiary/aromatic N) is 2. The Kier molecular flexibility index (Phi) is 8.19. The van der Waals surface area contributed by atoms with E-state index in [1.165, 1.54) is 0 Å². The molecule has 2 fully saturated rings. The molecule has 0 bridgehead atoms. The van der Waals surface area contributed by atoms with E-state index < -0.39 is 0 Å². The van der Waals surface area contributed by atoms with Crippen molar-refractivity contribution >= 4 is 30.7 Å². The average molecular weight is 298 g/mol. The maximum atomic E-state index is 12.2. The average Bonchev–Trinajstić information content (AvgIpc) is 2.26. The Bertz CT molecular complexity index is 254. The highest BCUT2D eigenvalue weighted by Crippen LogP contribution is 2.19. The molecular formula is C12H25Cl2N3O. The molecule has 4 nitrogen and oxygen atoms in total. The molecule has 2 rings (SSSR count). The predicted octanol–water partition coefficient (Wildman–Crippen LogP) is 0.850. The summed E-state index contributed by atoms with van der Waals surface area (Å²) < 4.78 is 0. The minimum Gasteiger partial charge on any atom is -0.340 e. The molecule has 2 aliphatic rings. The van der Waals surface area contributed by atoms with E-state index in [1.54, 1.807) is 0 Å². The van der Waals surface area contributed by atoms with Crippen LogP contribution in [0.1, 0.15) is 13.8 Å². The summed E-state index contributed by atoms with van der Waals surface area (Å²) in [4.78, 5) is 16.7. The van der Waals surface area contributed by atoms with Gasteiger partial charge in [-0.2, -0.15) is 0 Å². The van der Waals surface area contributed by atoms with Crippen molar-refractivity contribution in [2.45, 2.75) is 13.8 Å². The van der Waals surface area contributed by atoms with Crippen molar-refractivity contribution in [1.82, 2.24) is 15.1 Å². The van der Waals surface area contributed by atoms with E-state index in [9.17, 15) is 4.79 Å². The summed E-state index contributed by atoms with van der Waals surface area (Å²) in [5.41, 5.74) is 0. The molecule has 0 aromatic carbocycles. The van der Waals surface area contributed by atoms with Crippen molar-refractivity contribution in [2.75, 3.05) is 45.8 Å². The molecule has 6 heteroatoms. The number of hydrogen-bond donors (Lipinski definition) is 1. The van der Waals surface area contributed by atoms with Gasteiger partial charge in [0, 0.05) is 32.1 Å². The molecule has 0 aliphatic carbocycles. The van der Waals surface area contributed by atoms with Crippen LogP contribution in [-0.2, 0) is 4.79 Å². The molecule has 1 amide bonds. The normalized spacial score (nSPS) is 22.4. The fraction of sp³-hybridized carbons (Fsp3) is 0.917. The third-order valence-corrected chi connectivity index (χ3v) is 4.04. The lowest BCUT2D eigenvalue weighted by atomic mass is 9.88. The second kappa shape index (κ2) is 8.20. The lowest BCUT2D eigenvalue weighted by molar-refractivity contribution is -0.139. The fourth-order valence-electron chi connectivity index (χ4n) is 2.44. The zero-order valence-corrected chi connectivity index (χ0v) is 12.9. The first-order chi connectivity index (χ1) is 7.72. The Morgan fingerprint density at radius 2 is 1.78 bits per heavy atom. The molecule has 0 spiro atoms. The van der Waals surface area contributed by atoms with Gasteiger partial charge in [0.25, 0.3) is 0 Å². The maximum Gasteiger partial charge on any atom is 0.225 e. The summed E-state index contributed by atoms with van der Waals surface area (Å²) in [6.45, 7) is 11.3. The summed E-state index contributed by atoms with van der Waals surface area (Å²) in [5, 5.41) is 3.24. The van der Waals surface area contributed by atoms with E-state index in [1.807, 2.05) is 0 Å². The summed E-state index contributed by atoms with van der Waals surface area (Å²) in [6, 6.07) is 0. The van der Waals surface area contributed by atoms with Gasteiger partial charge in [-0.3, -0.25) is 4.79 Å². The quantitative estimate of drug-likeness (QED) is 0.839. The molecule has 1 N–H and O–H groups in total. The standard InChI is InChI=1S/C12H23N3O.2ClH/c1-3-14-4-6-15(7-5-14)12(16)10(2)11-8-13-9-11;;/h10-11,13H,3-9H2,1-2H3;2*1H. The zero-order chi connectivity index (χ0) is 11.5. The highest BCUT2D eigenvalue weighted by atomic mass is 35.5. The molecule has 1 atom stereocenters. The number of carbonyl (C=O) groups excluding carboxylic acids is 1. The molecule has 18 heavy (non-hydrogen) atoms. The van der Waals surface area contributed by atoms with Crippen LogP contribution >= 0.6 is 24.8 Å². The van der Waals surface area contributed by atoms with Gasteiger partial charge in [-0.15, -0.1) is 24.8 Å². The number of hydrogen-bond acceptors (Lipinski definition) is 3. The highest BCUT2D eigenvalue weighted by Gasteiger charge is 2.32. The van der Waals surface area contributed by atoms with Gasteiger partial charge in [0.2, 0.25) is 5.91 Å². The third kappa shape index (κ3) is 3.98. The number of carbonyl (C=O) groups is 1. The number of amides is 1. The fourth-order valence-corrected chi connectivity index (χ4v) is 2.44. The van der Waals surface area contributed by atoms with Crippen LogP contribution in [0.5, 0.6) is 0 Å². The van der Waals surface area contributed by atoms with Crippen molar-refractivity contribution in [3.63, 3.8) is 0 Å². The van der Waals surface area contributed by atoms with Crippen molar-refractivity contribution in [1.29, 1.82) is 0 Å². The van der Waals surface area contributed by atoms with Crippen LogP contribution in [0.2, 0.25) is 0 Å². The van der Waals surface area contributed by atoms with Crippen LogP contribution in [0, 0.1) is 11.8 Å². The number of likely N-dealkylation sites (N-methyl/N-ethyl adjacent to an activating group) is 1. The lowest BCUT2D eigenvalue weighted by Crippen LogP contribution is -2.54. The number of nitrogens with one attached hydrogen (secondary N) is 1. The minimum atomic E-state index is 0. The topological polar surface area (TPSA) is 35.6 Å². The van der Waals surface area contributed by atoms with Crippen LogP contribution in [-0.4, -0.2) is 61.5 Å². The molecule has 0 aromatic rings. The number of rotatable bonds is 3. The lowest BCUT2D eigenvalue weighted by Gasteiger charge is -2.38. The van der Waals surface area contributed by atoms with Crippen molar-refractivity contribution in [3.8, 4) is 0 Å². The number of piperazine rings is 1. The SMILES string of the molecule is CCN1CCN(C(=O)C(C)C2CNC2)CC1.Cl.Cl. The van der Waals surface area contributed by atoms with Crippen molar-refractivity contribution in [3.05, 3.63) is 0 Å². The van der Waals surface area contributed by atoms with Crippen LogP contribution in [0.25, 0.3) is 0 Å². The van der Waals surface area contributed by atoms with E-state index in [0.29, 0.717) is 11.8 Å². The smallest absolute Gasteiger partial charge is 0.225 e.